The topological polar surface area (TPSA) is 120 Å². The number of nitrogens with one attached hydrogen (secondary N) is 2. The number of hydrogen-bond donors (Lipinski definition) is 2. The highest BCUT2D eigenvalue weighted by Crippen LogP contribution is 2.31. The fourth-order valence-electron chi connectivity index (χ4n) is 4.48. The Morgan fingerprint density at radius 1 is 1.14 bits per heavy atom. The lowest BCUT2D eigenvalue weighted by Gasteiger charge is -2.36. The van der Waals surface area contributed by atoms with E-state index in [1.165, 1.54) is 6.20 Å². The van der Waals surface area contributed by atoms with Gasteiger partial charge in [-0.05, 0) is 62.7 Å². The summed E-state index contributed by atoms with van der Waals surface area (Å²) in [6.45, 7) is 7.45. The van der Waals surface area contributed by atoms with E-state index < -0.39 is 0 Å². The van der Waals surface area contributed by atoms with Crippen molar-refractivity contribution in [1.29, 1.82) is 5.26 Å². The second-order valence-electron chi connectivity index (χ2n) is 8.85. The summed E-state index contributed by atoms with van der Waals surface area (Å²) in [6, 6.07) is 13.2. The lowest BCUT2D eigenvalue weighted by molar-refractivity contribution is -0.00545. The fraction of sp³-hybridized carbons (Fsp3) is 0.269. The Bertz CT molecular complexity index is 1460. The van der Waals surface area contributed by atoms with Crippen LogP contribution < -0.4 is 10.2 Å². The van der Waals surface area contributed by atoms with E-state index in [1.54, 1.807) is 19.2 Å². The molecule has 1 amide bonds. The standard InChI is InChI=1S/C26H25N7O2.2H2S/c1-15-8-18(11-27)12-29-24(15)26(34)30-20-4-5-22-21(10-20)25(32-31-22)19-6-7-28-23(9-19)33-13-16(2)35-17(3)14-33;;/h4-10,12,16-17H,13-14H2,1-3H3,(H,30,34)(H,31,32);2*1H2/t16-,17-;;/m0../s1. The van der Waals surface area contributed by atoms with Gasteiger partial charge in [0.25, 0.3) is 5.91 Å². The summed E-state index contributed by atoms with van der Waals surface area (Å²) in [5.41, 5.74) is 4.54. The molecule has 1 aliphatic heterocycles. The van der Waals surface area contributed by atoms with Crippen molar-refractivity contribution in [2.24, 2.45) is 0 Å². The van der Waals surface area contributed by atoms with Gasteiger partial charge in [-0.2, -0.15) is 37.4 Å². The summed E-state index contributed by atoms with van der Waals surface area (Å²) in [5, 5.41) is 20.4. The summed E-state index contributed by atoms with van der Waals surface area (Å²) in [4.78, 5) is 23.8. The van der Waals surface area contributed by atoms with Crippen LogP contribution in [-0.4, -0.2) is 51.4 Å². The third kappa shape index (κ3) is 5.88. The van der Waals surface area contributed by atoms with Gasteiger partial charge in [0, 0.05) is 42.1 Å². The van der Waals surface area contributed by atoms with E-state index in [0.29, 0.717) is 16.8 Å². The first-order chi connectivity index (χ1) is 16.9. The Kier molecular flexibility index (Phi) is 8.81. The van der Waals surface area contributed by atoms with Crippen LogP contribution in [0.3, 0.4) is 0 Å². The van der Waals surface area contributed by atoms with Crippen LogP contribution in [0.5, 0.6) is 0 Å². The number of nitrogens with zero attached hydrogens (tertiary/aromatic N) is 5. The molecule has 2 atom stereocenters. The molecule has 4 heterocycles. The zero-order valence-corrected chi connectivity index (χ0v) is 22.7. The van der Waals surface area contributed by atoms with Crippen molar-refractivity contribution in [2.75, 3.05) is 23.3 Å². The lowest BCUT2D eigenvalue weighted by atomic mass is 10.1. The average molecular weight is 536 g/mol. The van der Waals surface area contributed by atoms with Gasteiger partial charge in [-0.15, -0.1) is 0 Å². The van der Waals surface area contributed by atoms with Crippen molar-refractivity contribution < 1.29 is 9.53 Å². The molecule has 1 saturated heterocycles. The number of carbonyl (C=O) groups excluding carboxylic acids is 1. The van der Waals surface area contributed by atoms with Crippen LogP contribution in [0.2, 0.25) is 0 Å². The van der Waals surface area contributed by atoms with E-state index in [4.69, 9.17) is 10.00 Å². The number of aromatic nitrogens is 4. The van der Waals surface area contributed by atoms with Gasteiger partial charge in [-0.25, -0.2) is 9.97 Å². The van der Waals surface area contributed by atoms with Crippen molar-refractivity contribution in [3.63, 3.8) is 0 Å². The molecule has 0 unspecified atom stereocenters. The number of benzene rings is 1. The number of nitriles is 1. The number of H-pyrrole nitrogens is 1. The van der Waals surface area contributed by atoms with Crippen molar-refractivity contribution in [3.05, 3.63) is 65.6 Å². The molecule has 1 aliphatic rings. The van der Waals surface area contributed by atoms with Crippen LogP contribution in [0, 0.1) is 18.3 Å². The average Bonchev–Trinajstić information content (AvgIpc) is 3.26. The second-order valence-corrected chi connectivity index (χ2v) is 8.85. The van der Waals surface area contributed by atoms with Crippen LogP contribution in [0.4, 0.5) is 11.5 Å². The highest BCUT2D eigenvalue weighted by Gasteiger charge is 2.23. The zero-order chi connectivity index (χ0) is 24.5. The van der Waals surface area contributed by atoms with Gasteiger partial charge >= 0.3 is 0 Å². The molecule has 37 heavy (non-hydrogen) atoms. The Hall–Kier alpha value is -3.59. The molecule has 4 aromatic rings. The van der Waals surface area contributed by atoms with Gasteiger partial charge in [0.2, 0.25) is 0 Å². The third-order valence-electron chi connectivity index (χ3n) is 6.01. The second kappa shape index (κ2) is 11.6. The molecule has 1 aromatic carbocycles. The minimum Gasteiger partial charge on any atom is -0.372 e. The van der Waals surface area contributed by atoms with E-state index >= 15 is 0 Å². The Labute approximate surface area is 229 Å². The number of aryl methyl sites for hydroxylation is 1. The molecule has 5 rings (SSSR count). The van der Waals surface area contributed by atoms with E-state index in [1.807, 2.05) is 36.4 Å². The number of fused-ring (bicyclic) bond motifs is 1. The number of carbonyl (C=O) groups is 1. The number of aromatic amines is 1. The predicted octanol–water partition coefficient (Wildman–Crippen LogP) is 4.29. The maximum atomic E-state index is 12.8. The number of ether oxygens (including phenoxy) is 1. The van der Waals surface area contributed by atoms with E-state index in [2.05, 4.69) is 44.2 Å². The third-order valence-corrected chi connectivity index (χ3v) is 6.01. The summed E-state index contributed by atoms with van der Waals surface area (Å²) >= 11 is 0. The van der Waals surface area contributed by atoms with Crippen LogP contribution in [-0.2, 0) is 4.74 Å². The fourth-order valence-corrected chi connectivity index (χ4v) is 4.48. The molecule has 1 fully saturated rings. The minimum atomic E-state index is -0.335. The molecule has 0 bridgehead atoms. The monoisotopic (exact) mass is 535 g/mol. The lowest BCUT2D eigenvalue weighted by Crippen LogP contribution is -2.45. The van der Waals surface area contributed by atoms with Gasteiger partial charge < -0.3 is 15.0 Å². The molecular formula is C26H29N7O2S2. The summed E-state index contributed by atoms with van der Waals surface area (Å²) in [5.74, 6) is 0.547. The molecular weight excluding hydrogens is 506 g/mol. The van der Waals surface area contributed by atoms with Gasteiger partial charge in [0.15, 0.2) is 0 Å². The molecule has 9 nitrogen and oxygen atoms in total. The molecule has 3 aromatic heterocycles. The largest absolute Gasteiger partial charge is 0.372 e. The van der Waals surface area contributed by atoms with Crippen molar-refractivity contribution in [1.82, 2.24) is 20.2 Å². The predicted molar refractivity (Wildman–Crippen MR) is 154 cm³/mol. The maximum Gasteiger partial charge on any atom is 0.274 e. The molecule has 2 N–H and O–H groups in total. The van der Waals surface area contributed by atoms with Crippen LogP contribution in [0.15, 0.2) is 48.8 Å². The van der Waals surface area contributed by atoms with E-state index in [-0.39, 0.29) is 50.8 Å². The van der Waals surface area contributed by atoms with Crippen molar-refractivity contribution >= 4 is 55.3 Å². The number of rotatable bonds is 4. The maximum absolute atomic E-state index is 12.8. The smallest absolute Gasteiger partial charge is 0.274 e. The van der Waals surface area contributed by atoms with E-state index in [0.717, 1.165) is 41.1 Å². The van der Waals surface area contributed by atoms with Gasteiger partial charge in [-0.3, -0.25) is 9.89 Å². The van der Waals surface area contributed by atoms with E-state index in [9.17, 15) is 4.79 Å². The highest BCUT2D eigenvalue weighted by molar-refractivity contribution is 7.59. The number of morpholine rings is 1. The van der Waals surface area contributed by atoms with Crippen LogP contribution in [0.1, 0.15) is 35.5 Å². The number of amides is 1. The van der Waals surface area contributed by atoms with Crippen LogP contribution in [0.25, 0.3) is 22.2 Å². The summed E-state index contributed by atoms with van der Waals surface area (Å²) < 4.78 is 5.85. The van der Waals surface area contributed by atoms with Crippen molar-refractivity contribution in [3.8, 4) is 17.3 Å². The number of hydrogen-bond acceptors (Lipinski definition) is 7. The number of pyridine rings is 2. The quantitative estimate of drug-likeness (QED) is 0.400. The molecule has 0 spiro atoms. The first kappa shape index (κ1) is 28.0. The minimum absolute atomic E-state index is 0. The summed E-state index contributed by atoms with van der Waals surface area (Å²) in [6.07, 6.45) is 3.46. The molecule has 0 aliphatic carbocycles. The van der Waals surface area contributed by atoms with Gasteiger partial charge in [0.1, 0.15) is 23.3 Å². The Morgan fingerprint density at radius 2 is 1.89 bits per heavy atom. The molecule has 11 heteroatoms. The Balaban J connectivity index is 0.00000190. The zero-order valence-electron chi connectivity index (χ0n) is 20.7. The van der Waals surface area contributed by atoms with Crippen molar-refractivity contribution in [2.45, 2.75) is 33.0 Å². The summed E-state index contributed by atoms with van der Waals surface area (Å²) in [7, 11) is 0. The first-order valence-corrected chi connectivity index (χ1v) is 11.4. The van der Waals surface area contributed by atoms with Gasteiger partial charge in [0.05, 0.1) is 23.3 Å². The molecule has 192 valence electrons. The highest BCUT2D eigenvalue weighted by atomic mass is 32.1. The van der Waals surface area contributed by atoms with Gasteiger partial charge in [-0.1, -0.05) is 0 Å². The Morgan fingerprint density at radius 3 is 2.59 bits per heavy atom. The molecule has 0 radical (unpaired) electrons. The number of anilines is 2. The normalized spacial score (nSPS) is 16.9. The molecule has 0 saturated carbocycles. The van der Waals surface area contributed by atoms with Crippen LogP contribution >= 0.6 is 27.0 Å². The first-order valence-electron chi connectivity index (χ1n) is 11.4. The SMILES string of the molecule is Cc1cc(C#N)cnc1C(=O)Nc1ccc2[nH]nc(-c3ccnc(N4C[C@H](C)O[C@@H](C)C4)c3)c2c1.S.S.